The molecular weight excluding hydrogens is 214 g/mol. The lowest BCUT2D eigenvalue weighted by molar-refractivity contribution is 0.326. The van der Waals surface area contributed by atoms with Gasteiger partial charge in [-0.1, -0.05) is 39.0 Å². The van der Waals surface area contributed by atoms with Crippen molar-refractivity contribution in [2.45, 2.75) is 57.8 Å². The minimum absolute atomic E-state index is 0.146. The van der Waals surface area contributed by atoms with E-state index in [1.165, 1.54) is 51.1 Å². The van der Waals surface area contributed by atoms with Gasteiger partial charge in [-0.05, 0) is 18.8 Å². The zero-order valence-corrected chi connectivity index (χ0v) is 10.5. The summed E-state index contributed by atoms with van der Waals surface area (Å²) in [5.41, 5.74) is -0.146. The summed E-state index contributed by atoms with van der Waals surface area (Å²) in [5.74, 6) is 1.71. The lowest BCUT2D eigenvalue weighted by Crippen LogP contribution is -2.19. The summed E-state index contributed by atoms with van der Waals surface area (Å²) in [6.07, 6.45) is 10.4. The molecule has 0 aliphatic heterocycles. The predicted octanol–water partition coefficient (Wildman–Crippen LogP) is 2.63. The van der Waals surface area contributed by atoms with Crippen LogP contribution in [0.4, 0.5) is 0 Å². The van der Waals surface area contributed by atoms with Gasteiger partial charge in [-0.2, -0.15) is 5.10 Å². The molecule has 1 heterocycles. The summed E-state index contributed by atoms with van der Waals surface area (Å²) in [4.78, 5) is 14.1. The second-order valence-corrected chi connectivity index (χ2v) is 5.11. The average Bonchev–Trinajstić information content (AvgIpc) is 2.28. The molecule has 1 saturated carbocycles. The third kappa shape index (κ3) is 3.38. The minimum atomic E-state index is -0.146. The van der Waals surface area contributed by atoms with E-state index < -0.39 is 0 Å². The SMILES string of the molecule is CC(c1nncc(=O)[nH]1)C1CCCCCCC1. The fourth-order valence-electron chi connectivity index (χ4n) is 2.74. The normalized spacial score (nSPS) is 20.5. The maximum absolute atomic E-state index is 11.2. The van der Waals surface area contributed by atoms with Gasteiger partial charge >= 0.3 is 0 Å². The summed E-state index contributed by atoms with van der Waals surface area (Å²) in [6, 6.07) is 0. The van der Waals surface area contributed by atoms with E-state index in [-0.39, 0.29) is 5.56 Å². The Hall–Kier alpha value is -1.19. The molecule has 1 N–H and O–H groups in total. The Kier molecular flexibility index (Phi) is 4.29. The van der Waals surface area contributed by atoms with E-state index in [1.54, 1.807) is 0 Å². The summed E-state index contributed by atoms with van der Waals surface area (Å²) < 4.78 is 0. The van der Waals surface area contributed by atoms with Crippen molar-refractivity contribution in [2.24, 2.45) is 5.92 Å². The molecule has 2 rings (SSSR count). The van der Waals surface area contributed by atoms with Crippen LogP contribution in [0, 0.1) is 5.92 Å². The number of rotatable bonds is 2. The molecule has 1 unspecified atom stereocenters. The quantitative estimate of drug-likeness (QED) is 0.857. The summed E-state index contributed by atoms with van der Waals surface area (Å²) in [5, 5.41) is 7.81. The van der Waals surface area contributed by atoms with E-state index in [2.05, 4.69) is 22.1 Å². The Morgan fingerprint density at radius 3 is 2.53 bits per heavy atom. The van der Waals surface area contributed by atoms with Crippen LogP contribution in [0.3, 0.4) is 0 Å². The van der Waals surface area contributed by atoms with Gasteiger partial charge in [0, 0.05) is 5.92 Å². The lowest BCUT2D eigenvalue weighted by atomic mass is 9.82. The number of nitrogens with one attached hydrogen (secondary N) is 1. The standard InChI is InChI=1S/C13H21N3O/c1-10(13-15-12(17)9-14-16-13)11-7-5-3-2-4-6-8-11/h9-11H,2-8H2,1H3,(H,15,16,17). The zero-order chi connectivity index (χ0) is 12.1. The van der Waals surface area contributed by atoms with Crippen LogP contribution in [0.25, 0.3) is 0 Å². The highest BCUT2D eigenvalue weighted by Gasteiger charge is 2.21. The topological polar surface area (TPSA) is 58.6 Å². The van der Waals surface area contributed by atoms with Gasteiger partial charge in [0.1, 0.15) is 12.0 Å². The molecule has 94 valence electrons. The van der Waals surface area contributed by atoms with Crippen molar-refractivity contribution in [3.05, 3.63) is 22.4 Å². The summed E-state index contributed by atoms with van der Waals surface area (Å²) in [6.45, 7) is 2.16. The van der Waals surface area contributed by atoms with E-state index >= 15 is 0 Å². The first-order chi connectivity index (χ1) is 8.27. The van der Waals surface area contributed by atoms with Gasteiger partial charge in [0.2, 0.25) is 0 Å². The Labute approximate surface area is 102 Å². The predicted molar refractivity (Wildman–Crippen MR) is 66.9 cm³/mol. The van der Waals surface area contributed by atoms with Crippen molar-refractivity contribution < 1.29 is 0 Å². The van der Waals surface area contributed by atoms with E-state index in [4.69, 9.17) is 0 Å². The van der Waals surface area contributed by atoms with Gasteiger partial charge in [0.25, 0.3) is 5.56 Å². The van der Waals surface area contributed by atoms with Gasteiger partial charge in [0.15, 0.2) is 0 Å². The maximum Gasteiger partial charge on any atom is 0.269 e. The molecule has 1 aliphatic carbocycles. The molecular formula is C13H21N3O. The molecule has 4 nitrogen and oxygen atoms in total. The molecule has 0 aromatic carbocycles. The van der Waals surface area contributed by atoms with E-state index in [1.807, 2.05) is 0 Å². The van der Waals surface area contributed by atoms with Crippen LogP contribution in [-0.2, 0) is 0 Å². The molecule has 1 fully saturated rings. The first-order valence-electron chi connectivity index (χ1n) is 6.69. The maximum atomic E-state index is 11.2. The number of H-pyrrole nitrogens is 1. The number of nitrogens with zero attached hydrogens (tertiary/aromatic N) is 2. The fraction of sp³-hybridized carbons (Fsp3) is 0.769. The number of aromatic amines is 1. The average molecular weight is 235 g/mol. The molecule has 1 aromatic rings. The van der Waals surface area contributed by atoms with Crippen LogP contribution in [-0.4, -0.2) is 15.2 Å². The van der Waals surface area contributed by atoms with Crippen molar-refractivity contribution in [3.63, 3.8) is 0 Å². The Bertz CT molecular complexity index is 394. The second-order valence-electron chi connectivity index (χ2n) is 5.11. The molecule has 4 heteroatoms. The lowest BCUT2D eigenvalue weighted by Gasteiger charge is -2.24. The number of hydrogen-bond donors (Lipinski definition) is 1. The summed E-state index contributed by atoms with van der Waals surface area (Å²) in [7, 11) is 0. The molecule has 0 spiro atoms. The van der Waals surface area contributed by atoms with Crippen molar-refractivity contribution in [1.82, 2.24) is 15.2 Å². The molecule has 0 radical (unpaired) electrons. The molecule has 0 bridgehead atoms. The number of aromatic nitrogens is 3. The third-order valence-corrected chi connectivity index (χ3v) is 3.88. The van der Waals surface area contributed by atoms with E-state index in [0.29, 0.717) is 11.8 Å². The molecule has 0 saturated heterocycles. The van der Waals surface area contributed by atoms with Crippen LogP contribution in [0.5, 0.6) is 0 Å². The van der Waals surface area contributed by atoms with Gasteiger partial charge < -0.3 is 4.98 Å². The van der Waals surface area contributed by atoms with Crippen molar-refractivity contribution in [3.8, 4) is 0 Å². The van der Waals surface area contributed by atoms with Crippen LogP contribution in [0.15, 0.2) is 11.0 Å². The molecule has 17 heavy (non-hydrogen) atoms. The van der Waals surface area contributed by atoms with Crippen molar-refractivity contribution in [1.29, 1.82) is 0 Å². The molecule has 0 amide bonds. The number of hydrogen-bond acceptors (Lipinski definition) is 3. The highest BCUT2D eigenvalue weighted by molar-refractivity contribution is 4.94. The zero-order valence-electron chi connectivity index (χ0n) is 10.5. The van der Waals surface area contributed by atoms with Crippen LogP contribution in [0.2, 0.25) is 0 Å². The molecule has 1 aromatic heterocycles. The second kappa shape index (κ2) is 5.94. The van der Waals surface area contributed by atoms with Crippen LogP contribution in [0.1, 0.15) is 63.6 Å². The Morgan fingerprint density at radius 1 is 1.24 bits per heavy atom. The van der Waals surface area contributed by atoms with E-state index in [0.717, 1.165) is 5.82 Å². The van der Waals surface area contributed by atoms with E-state index in [9.17, 15) is 4.79 Å². The largest absolute Gasteiger partial charge is 0.307 e. The first-order valence-corrected chi connectivity index (χ1v) is 6.69. The third-order valence-electron chi connectivity index (χ3n) is 3.88. The summed E-state index contributed by atoms with van der Waals surface area (Å²) >= 11 is 0. The molecule has 1 atom stereocenters. The van der Waals surface area contributed by atoms with Crippen molar-refractivity contribution >= 4 is 0 Å². The van der Waals surface area contributed by atoms with Gasteiger partial charge in [-0.3, -0.25) is 4.79 Å². The minimum Gasteiger partial charge on any atom is -0.307 e. The highest BCUT2D eigenvalue weighted by Crippen LogP contribution is 2.32. The van der Waals surface area contributed by atoms with Crippen molar-refractivity contribution in [2.75, 3.05) is 0 Å². The van der Waals surface area contributed by atoms with Gasteiger partial charge in [0.05, 0.1) is 0 Å². The van der Waals surface area contributed by atoms with Crippen LogP contribution >= 0.6 is 0 Å². The fourth-order valence-corrected chi connectivity index (χ4v) is 2.74. The van der Waals surface area contributed by atoms with Gasteiger partial charge in [-0.25, -0.2) is 0 Å². The van der Waals surface area contributed by atoms with Gasteiger partial charge in [-0.15, -0.1) is 5.10 Å². The van der Waals surface area contributed by atoms with Crippen LogP contribution < -0.4 is 5.56 Å². The Balaban J connectivity index is 2.06. The monoisotopic (exact) mass is 235 g/mol. The molecule has 1 aliphatic rings. The highest BCUT2D eigenvalue weighted by atomic mass is 16.1. The first kappa shape index (κ1) is 12.3. The Morgan fingerprint density at radius 2 is 1.88 bits per heavy atom. The smallest absolute Gasteiger partial charge is 0.269 e.